The Hall–Kier alpha value is -1.59. The number of aryl methyl sites for hydroxylation is 1. The zero-order valence-corrected chi connectivity index (χ0v) is 13.3. The Morgan fingerprint density at radius 3 is 2.86 bits per heavy atom. The lowest BCUT2D eigenvalue weighted by Gasteiger charge is -2.13. The van der Waals surface area contributed by atoms with Crippen LogP contribution in [0.25, 0.3) is 0 Å². The predicted molar refractivity (Wildman–Crippen MR) is 81.4 cm³/mol. The standard InChI is InChI=1S/C15H20ClN3O2/c1-4-15-18-14(19-21-15)9-20-13-6-5-12(16)7-11(13)8-17-10(2)3/h5-7,10,17H,4,8-9H2,1-3H3. The van der Waals surface area contributed by atoms with Gasteiger partial charge in [0.1, 0.15) is 5.75 Å². The van der Waals surface area contributed by atoms with Gasteiger partial charge in [0.25, 0.3) is 0 Å². The van der Waals surface area contributed by atoms with Crippen molar-refractivity contribution in [3.8, 4) is 5.75 Å². The zero-order chi connectivity index (χ0) is 15.2. The van der Waals surface area contributed by atoms with Crippen LogP contribution in [0.4, 0.5) is 0 Å². The minimum Gasteiger partial charge on any atom is -0.485 e. The number of halogens is 1. The first-order chi connectivity index (χ1) is 10.1. The molecule has 0 saturated heterocycles. The molecule has 0 aliphatic carbocycles. The first kappa shape index (κ1) is 15.8. The highest BCUT2D eigenvalue weighted by atomic mass is 35.5. The Bertz CT molecular complexity index is 584. The molecule has 6 heteroatoms. The largest absolute Gasteiger partial charge is 0.485 e. The Labute approximate surface area is 129 Å². The highest BCUT2D eigenvalue weighted by Gasteiger charge is 2.09. The van der Waals surface area contributed by atoms with E-state index in [9.17, 15) is 0 Å². The van der Waals surface area contributed by atoms with Crippen LogP contribution in [-0.2, 0) is 19.6 Å². The van der Waals surface area contributed by atoms with Gasteiger partial charge >= 0.3 is 0 Å². The lowest BCUT2D eigenvalue weighted by molar-refractivity contribution is 0.282. The average molecular weight is 310 g/mol. The van der Waals surface area contributed by atoms with E-state index in [-0.39, 0.29) is 6.61 Å². The third-order valence-electron chi connectivity index (χ3n) is 2.89. The normalized spacial score (nSPS) is 11.1. The van der Waals surface area contributed by atoms with Crippen molar-refractivity contribution in [2.45, 2.75) is 46.4 Å². The number of hydrogen-bond donors (Lipinski definition) is 1. The van der Waals surface area contributed by atoms with Crippen LogP contribution in [0.3, 0.4) is 0 Å². The molecule has 0 radical (unpaired) electrons. The number of rotatable bonds is 7. The van der Waals surface area contributed by atoms with Crippen molar-refractivity contribution in [3.05, 3.63) is 40.5 Å². The van der Waals surface area contributed by atoms with Gasteiger partial charge in [0, 0.05) is 29.6 Å². The highest BCUT2D eigenvalue weighted by Crippen LogP contribution is 2.23. The number of nitrogens with zero attached hydrogens (tertiary/aromatic N) is 2. The predicted octanol–water partition coefficient (Wildman–Crippen LogP) is 3.36. The van der Waals surface area contributed by atoms with Crippen LogP contribution in [0.5, 0.6) is 5.75 Å². The molecule has 1 aromatic carbocycles. The SMILES string of the molecule is CCc1nc(COc2ccc(Cl)cc2CNC(C)C)no1. The fourth-order valence-electron chi connectivity index (χ4n) is 1.78. The molecule has 0 saturated carbocycles. The second-order valence-corrected chi connectivity index (χ2v) is 5.47. The number of hydrogen-bond acceptors (Lipinski definition) is 5. The first-order valence-corrected chi connectivity index (χ1v) is 7.42. The molecule has 114 valence electrons. The maximum atomic E-state index is 6.05. The molecule has 0 amide bonds. The van der Waals surface area contributed by atoms with Crippen molar-refractivity contribution in [2.75, 3.05) is 0 Å². The number of aromatic nitrogens is 2. The first-order valence-electron chi connectivity index (χ1n) is 7.04. The summed E-state index contributed by atoms with van der Waals surface area (Å²) in [5.41, 5.74) is 1.01. The minimum absolute atomic E-state index is 0.278. The van der Waals surface area contributed by atoms with Crippen molar-refractivity contribution in [3.63, 3.8) is 0 Å². The van der Waals surface area contributed by atoms with Crippen LogP contribution in [0.15, 0.2) is 22.7 Å². The lowest BCUT2D eigenvalue weighted by Crippen LogP contribution is -2.22. The van der Waals surface area contributed by atoms with E-state index in [0.717, 1.165) is 17.7 Å². The molecule has 0 aliphatic heterocycles. The Kier molecular flexibility index (Phi) is 5.59. The van der Waals surface area contributed by atoms with Crippen LogP contribution in [0.2, 0.25) is 5.02 Å². The van der Waals surface area contributed by atoms with Crippen LogP contribution in [-0.4, -0.2) is 16.2 Å². The number of ether oxygens (including phenoxy) is 1. The van der Waals surface area contributed by atoms with Crippen molar-refractivity contribution >= 4 is 11.6 Å². The summed E-state index contributed by atoms with van der Waals surface area (Å²) in [6.45, 7) is 7.13. The number of benzene rings is 1. The van der Waals surface area contributed by atoms with Gasteiger partial charge in [0.05, 0.1) is 0 Å². The van der Waals surface area contributed by atoms with E-state index in [1.165, 1.54) is 0 Å². The van der Waals surface area contributed by atoms with Crippen LogP contribution >= 0.6 is 11.6 Å². The van der Waals surface area contributed by atoms with Crippen molar-refractivity contribution < 1.29 is 9.26 Å². The van der Waals surface area contributed by atoms with E-state index in [1.807, 2.05) is 25.1 Å². The maximum absolute atomic E-state index is 6.05. The topological polar surface area (TPSA) is 60.2 Å². The molecule has 1 N–H and O–H groups in total. The average Bonchev–Trinajstić information content (AvgIpc) is 2.92. The third kappa shape index (κ3) is 4.72. The molecular formula is C15H20ClN3O2. The fraction of sp³-hybridized carbons (Fsp3) is 0.467. The van der Waals surface area contributed by atoms with Crippen molar-refractivity contribution in [1.82, 2.24) is 15.5 Å². The van der Waals surface area contributed by atoms with Crippen molar-refractivity contribution in [1.29, 1.82) is 0 Å². The van der Waals surface area contributed by atoms with Gasteiger partial charge in [-0.25, -0.2) is 0 Å². The molecule has 21 heavy (non-hydrogen) atoms. The summed E-state index contributed by atoms with van der Waals surface area (Å²) in [5, 5.41) is 7.91. The van der Waals surface area contributed by atoms with Gasteiger partial charge in [-0.15, -0.1) is 0 Å². The van der Waals surface area contributed by atoms with E-state index in [4.69, 9.17) is 20.9 Å². The maximum Gasteiger partial charge on any atom is 0.226 e. The minimum atomic E-state index is 0.278. The lowest BCUT2D eigenvalue weighted by atomic mass is 10.2. The van der Waals surface area contributed by atoms with Gasteiger partial charge in [-0.2, -0.15) is 4.98 Å². The molecular weight excluding hydrogens is 290 g/mol. The molecule has 2 rings (SSSR count). The van der Waals surface area contributed by atoms with Gasteiger partial charge in [0.15, 0.2) is 6.61 Å². The molecule has 0 atom stereocenters. The van der Waals surface area contributed by atoms with Crippen LogP contribution in [0, 0.1) is 0 Å². The summed E-state index contributed by atoms with van der Waals surface area (Å²) in [5.74, 6) is 1.94. The van der Waals surface area contributed by atoms with E-state index >= 15 is 0 Å². The van der Waals surface area contributed by atoms with Gasteiger partial charge in [-0.3, -0.25) is 0 Å². The molecule has 1 aromatic heterocycles. The Balaban J connectivity index is 2.04. The fourth-order valence-corrected chi connectivity index (χ4v) is 1.97. The summed E-state index contributed by atoms with van der Waals surface area (Å²) >= 11 is 6.05. The van der Waals surface area contributed by atoms with E-state index in [1.54, 1.807) is 0 Å². The molecule has 2 aromatic rings. The summed E-state index contributed by atoms with van der Waals surface area (Å²) < 4.78 is 10.8. The van der Waals surface area contributed by atoms with Crippen LogP contribution in [0.1, 0.15) is 38.0 Å². The summed E-state index contributed by atoms with van der Waals surface area (Å²) in [6, 6.07) is 5.96. The highest BCUT2D eigenvalue weighted by molar-refractivity contribution is 6.30. The molecule has 0 unspecified atom stereocenters. The zero-order valence-electron chi connectivity index (χ0n) is 12.5. The van der Waals surface area contributed by atoms with E-state index in [0.29, 0.717) is 29.3 Å². The summed E-state index contributed by atoms with van der Waals surface area (Å²) in [4.78, 5) is 4.22. The smallest absolute Gasteiger partial charge is 0.226 e. The Morgan fingerprint density at radius 1 is 1.38 bits per heavy atom. The molecule has 0 fully saturated rings. The monoisotopic (exact) mass is 309 g/mol. The van der Waals surface area contributed by atoms with Crippen molar-refractivity contribution in [2.24, 2.45) is 0 Å². The van der Waals surface area contributed by atoms with E-state index in [2.05, 4.69) is 29.3 Å². The summed E-state index contributed by atoms with van der Waals surface area (Å²) in [7, 11) is 0. The van der Waals surface area contributed by atoms with Gasteiger partial charge in [0.2, 0.25) is 11.7 Å². The van der Waals surface area contributed by atoms with Crippen LogP contribution < -0.4 is 10.1 Å². The molecule has 1 heterocycles. The molecule has 0 spiro atoms. The number of nitrogens with one attached hydrogen (secondary N) is 1. The quantitative estimate of drug-likeness (QED) is 0.849. The van der Waals surface area contributed by atoms with Gasteiger partial charge in [-0.1, -0.05) is 37.5 Å². The second-order valence-electron chi connectivity index (χ2n) is 5.03. The van der Waals surface area contributed by atoms with E-state index < -0.39 is 0 Å². The molecule has 5 nitrogen and oxygen atoms in total. The third-order valence-corrected chi connectivity index (χ3v) is 3.13. The Morgan fingerprint density at radius 2 is 2.19 bits per heavy atom. The molecule has 0 aliphatic rings. The van der Waals surface area contributed by atoms with Gasteiger partial charge in [-0.05, 0) is 18.2 Å². The van der Waals surface area contributed by atoms with Gasteiger partial charge < -0.3 is 14.6 Å². The molecule has 0 bridgehead atoms. The summed E-state index contributed by atoms with van der Waals surface area (Å²) in [6.07, 6.45) is 0.720. The second kappa shape index (κ2) is 7.43.